The Morgan fingerprint density at radius 3 is 2.86 bits per heavy atom. The van der Waals surface area contributed by atoms with Crippen molar-refractivity contribution in [3.8, 4) is 0 Å². The Morgan fingerprint density at radius 1 is 1.64 bits per heavy atom. The fourth-order valence-electron chi connectivity index (χ4n) is 2.22. The van der Waals surface area contributed by atoms with E-state index in [0.717, 1.165) is 19.3 Å². The van der Waals surface area contributed by atoms with Crippen molar-refractivity contribution in [2.75, 3.05) is 13.1 Å². The molecule has 4 nitrogen and oxygen atoms in total. The molecule has 1 unspecified atom stereocenters. The maximum Gasteiger partial charge on any atom is 0.311 e. The Morgan fingerprint density at radius 2 is 2.36 bits per heavy atom. The van der Waals surface area contributed by atoms with Gasteiger partial charge in [0.25, 0.3) is 0 Å². The van der Waals surface area contributed by atoms with Crippen LogP contribution in [0.15, 0.2) is 0 Å². The Hall–Kier alpha value is -1.06. The van der Waals surface area contributed by atoms with E-state index in [1.165, 1.54) is 0 Å². The summed E-state index contributed by atoms with van der Waals surface area (Å²) in [7, 11) is 0. The van der Waals surface area contributed by atoms with E-state index in [9.17, 15) is 14.7 Å². The highest BCUT2D eigenvalue weighted by molar-refractivity contribution is 5.75. The van der Waals surface area contributed by atoms with Crippen molar-refractivity contribution in [3.05, 3.63) is 0 Å². The molecule has 1 N–H and O–H groups in total. The van der Waals surface area contributed by atoms with Gasteiger partial charge in [-0.25, -0.2) is 0 Å². The molecule has 14 heavy (non-hydrogen) atoms. The molecule has 1 fully saturated rings. The lowest BCUT2D eigenvalue weighted by atomic mass is 9.76. The number of aliphatic carboxylic acids is 1. The molecule has 0 aliphatic carbocycles. The second-order valence-electron chi connectivity index (χ2n) is 4.01. The van der Waals surface area contributed by atoms with Crippen molar-refractivity contribution in [3.63, 3.8) is 0 Å². The summed E-state index contributed by atoms with van der Waals surface area (Å²) in [5.41, 5.74) is -0.687. The van der Waals surface area contributed by atoms with Crippen LogP contribution in [-0.2, 0) is 9.59 Å². The molecule has 0 spiro atoms. The average molecular weight is 199 g/mol. The summed E-state index contributed by atoms with van der Waals surface area (Å²) < 4.78 is 0. The van der Waals surface area contributed by atoms with E-state index < -0.39 is 11.4 Å². The van der Waals surface area contributed by atoms with Crippen LogP contribution in [0.25, 0.3) is 0 Å². The monoisotopic (exact) mass is 199 g/mol. The van der Waals surface area contributed by atoms with E-state index in [1.54, 1.807) is 4.90 Å². The smallest absolute Gasteiger partial charge is 0.311 e. The molecular formula is C10H17NO3. The van der Waals surface area contributed by atoms with E-state index >= 15 is 0 Å². The number of carbonyl (C=O) groups excluding carboxylic acids is 1. The maximum absolute atomic E-state index is 11.2. The molecule has 1 rings (SSSR count). The minimum Gasteiger partial charge on any atom is -0.481 e. The molecule has 1 aliphatic rings. The first kappa shape index (κ1) is 11.0. The fourth-order valence-corrected chi connectivity index (χ4v) is 2.22. The number of rotatable bonds is 4. The van der Waals surface area contributed by atoms with Crippen LogP contribution >= 0.6 is 0 Å². The van der Waals surface area contributed by atoms with Crippen LogP contribution < -0.4 is 0 Å². The first-order valence-electron chi connectivity index (χ1n) is 5.07. The van der Waals surface area contributed by atoms with Crippen molar-refractivity contribution in [1.29, 1.82) is 0 Å². The van der Waals surface area contributed by atoms with Crippen molar-refractivity contribution in [1.82, 2.24) is 4.90 Å². The number of hydrogen-bond acceptors (Lipinski definition) is 2. The third kappa shape index (κ3) is 2.05. The fraction of sp³-hybridized carbons (Fsp3) is 0.800. The second kappa shape index (κ2) is 4.44. The van der Waals surface area contributed by atoms with Gasteiger partial charge in [0.2, 0.25) is 6.41 Å². The Bertz CT molecular complexity index is 225. The highest BCUT2D eigenvalue weighted by atomic mass is 16.4. The van der Waals surface area contributed by atoms with Crippen molar-refractivity contribution in [2.24, 2.45) is 5.41 Å². The van der Waals surface area contributed by atoms with E-state index in [4.69, 9.17) is 0 Å². The predicted molar refractivity (Wildman–Crippen MR) is 51.8 cm³/mol. The number of amides is 1. The number of piperidine rings is 1. The number of hydrogen-bond donors (Lipinski definition) is 1. The highest BCUT2D eigenvalue weighted by Crippen LogP contribution is 2.34. The lowest BCUT2D eigenvalue weighted by Gasteiger charge is -2.38. The van der Waals surface area contributed by atoms with Crippen LogP contribution in [-0.4, -0.2) is 35.5 Å². The molecule has 1 atom stereocenters. The molecule has 0 aromatic rings. The van der Waals surface area contributed by atoms with Gasteiger partial charge in [0, 0.05) is 13.1 Å². The van der Waals surface area contributed by atoms with Gasteiger partial charge in [-0.3, -0.25) is 9.59 Å². The predicted octanol–water partition coefficient (Wildman–Crippen LogP) is 1.11. The van der Waals surface area contributed by atoms with Crippen molar-refractivity contribution < 1.29 is 14.7 Å². The van der Waals surface area contributed by atoms with Crippen molar-refractivity contribution >= 4 is 12.4 Å². The number of nitrogens with zero attached hydrogens (tertiary/aromatic N) is 1. The zero-order valence-electron chi connectivity index (χ0n) is 8.53. The topological polar surface area (TPSA) is 57.6 Å². The molecule has 0 aromatic carbocycles. The van der Waals surface area contributed by atoms with Gasteiger partial charge in [0.05, 0.1) is 5.41 Å². The molecule has 0 saturated carbocycles. The molecule has 1 amide bonds. The van der Waals surface area contributed by atoms with Crippen LogP contribution in [0.3, 0.4) is 0 Å². The van der Waals surface area contributed by atoms with Gasteiger partial charge in [-0.05, 0) is 19.3 Å². The molecule has 0 bridgehead atoms. The first-order valence-corrected chi connectivity index (χ1v) is 5.07. The minimum absolute atomic E-state index is 0.375. The molecule has 1 saturated heterocycles. The normalized spacial score (nSPS) is 27.4. The largest absolute Gasteiger partial charge is 0.481 e. The van der Waals surface area contributed by atoms with Gasteiger partial charge in [-0.15, -0.1) is 0 Å². The third-order valence-electron chi connectivity index (χ3n) is 2.94. The minimum atomic E-state index is -0.758. The zero-order chi connectivity index (χ0) is 10.6. The standard InChI is InChI=1S/C10H17NO3/c1-2-4-10(9(13)14)5-3-6-11(7-10)8-12/h8H,2-7H2,1H3,(H,13,14). The van der Waals surface area contributed by atoms with Gasteiger partial charge in [0.15, 0.2) is 0 Å². The van der Waals surface area contributed by atoms with Gasteiger partial charge < -0.3 is 10.0 Å². The number of likely N-dealkylation sites (tertiary alicyclic amines) is 1. The molecule has 1 aliphatic heterocycles. The number of carboxylic acid groups (broad SMARTS) is 1. The summed E-state index contributed by atoms with van der Waals surface area (Å²) in [4.78, 5) is 23.4. The number of carboxylic acids is 1. The summed E-state index contributed by atoms with van der Waals surface area (Å²) in [6.07, 6.45) is 3.75. The summed E-state index contributed by atoms with van der Waals surface area (Å²) in [6.45, 7) is 3.05. The SMILES string of the molecule is CCCC1(C(=O)O)CCCN(C=O)C1. The van der Waals surface area contributed by atoms with E-state index in [0.29, 0.717) is 25.9 Å². The quantitative estimate of drug-likeness (QED) is 0.690. The second-order valence-corrected chi connectivity index (χ2v) is 4.01. The summed E-state index contributed by atoms with van der Waals surface area (Å²) in [6, 6.07) is 0. The first-order chi connectivity index (χ1) is 6.64. The number of carbonyl (C=O) groups is 2. The van der Waals surface area contributed by atoms with E-state index in [-0.39, 0.29) is 0 Å². The average Bonchev–Trinajstić information content (AvgIpc) is 2.18. The Labute approximate surface area is 83.9 Å². The Balaban J connectivity index is 2.75. The van der Waals surface area contributed by atoms with Gasteiger partial charge in [-0.2, -0.15) is 0 Å². The molecule has 80 valence electrons. The van der Waals surface area contributed by atoms with Gasteiger partial charge in [-0.1, -0.05) is 13.3 Å². The third-order valence-corrected chi connectivity index (χ3v) is 2.94. The molecule has 0 aromatic heterocycles. The molecule has 4 heteroatoms. The van der Waals surface area contributed by atoms with Crippen LogP contribution in [0.2, 0.25) is 0 Å². The van der Waals surface area contributed by atoms with Crippen LogP contribution in [0.5, 0.6) is 0 Å². The zero-order valence-corrected chi connectivity index (χ0v) is 8.53. The molecule has 1 heterocycles. The van der Waals surface area contributed by atoms with Crippen LogP contribution in [0.4, 0.5) is 0 Å². The van der Waals surface area contributed by atoms with Crippen LogP contribution in [0.1, 0.15) is 32.6 Å². The lowest BCUT2D eigenvalue weighted by Crippen LogP contribution is -2.47. The van der Waals surface area contributed by atoms with Gasteiger partial charge >= 0.3 is 5.97 Å². The Kier molecular flexibility index (Phi) is 3.49. The van der Waals surface area contributed by atoms with Crippen molar-refractivity contribution in [2.45, 2.75) is 32.6 Å². The summed E-state index contributed by atoms with van der Waals surface area (Å²) >= 11 is 0. The molecule has 0 radical (unpaired) electrons. The van der Waals surface area contributed by atoms with E-state index in [1.807, 2.05) is 6.92 Å². The van der Waals surface area contributed by atoms with E-state index in [2.05, 4.69) is 0 Å². The molecular weight excluding hydrogens is 182 g/mol. The summed E-state index contributed by atoms with van der Waals surface area (Å²) in [5.74, 6) is -0.758. The van der Waals surface area contributed by atoms with Gasteiger partial charge in [0.1, 0.15) is 0 Å². The summed E-state index contributed by atoms with van der Waals surface area (Å²) in [5, 5.41) is 9.19. The maximum atomic E-state index is 11.2. The van der Waals surface area contributed by atoms with Crippen LogP contribution in [0, 0.1) is 5.41 Å². The lowest BCUT2D eigenvalue weighted by molar-refractivity contribution is -0.153. The highest BCUT2D eigenvalue weighted by Gasteiger charge is 2.41.